The fraction of sp³-hybridized carbons (Fsp3) is 0.333. The number of likely N-dealkylation sites (N-methyl/N-ethyl adjacent to an activating group) is 1. The molecule has 0 aromatic heterocycles. The van der Waals surface area contributed by atoms with Crippen molar-refractivity contribution in [1.29, 1.82) is 0 Å². The number of nitrogens with one attached hydrogen (secondary N) is 1. The van der Waals surface area contributed by atoms with E-state index in [1.165, 1.54) is 41.3 Å². The van der Waals surface area contributed by atoms with Gasteiger partial charge >= 0.3 is 0 Å². The van der Waals surface area contributed by atoms with Crippen LogP contribution in [0.4, 0.5) is 10.1 Å². The van der Waals surface area contributed by atoms with E-state index in [2.05, 4.69) is 5.32 Å². The van der Waals surface area contributed by atoms with Crippen molar-refractivity contribution in [2.24, 2.45) is 0 Å². The van der Waals surface area contributed by atoms with Gasteiger partial charge in [-0.3, -0.25) is 13.9 Å². The number of rotatable bonds is 13. The van der Waals surface area contributed by atoms with E-state index in [0.29, 0.717) is 36.6 Å². The number of sulfonamides is 1. The molecule has 0 saturated carbocycles. The van der Waals surface area contributed by atoms with Gasteiger partial charge in [-0.2, -0.15) is 0 Å². The van der Waals surface area contributed by atoms with Gasteiger partial charge in [0, 0.05) is 13.1 Å². The summed E-state index contributed by atoms with van der Waals surface area (Å²) >= 11 is 0. The van der Waals surface area contributed by atoms with Crippen LogP contribution >= 0.6 is 0 Å². The highest BCUT2D eigenvalue weighted by molar-refractivity contribution is 7.92. The van der Waals surface area contributed by atoms with E-state index in [1.54, 1.807) is 50.2 Å². The molecule has 0 aliphatic heterocycles. The lowest BCUT2D eigenvalue weighted by Crippen LogP contribution is -2.52. The summed E-state index contributed by atoms with van der Waals surface area (Å²) in [4.78, 5) is 28.2. The Morgan fingerprint density at radius 1 is 0.925 bits per heavy atom. The van der Waals surface area contributed by atoms with Crippen molar-refractivity contribution >= 4 is 27.5 Å². The van der Waals surface area contributed by atoms with Crippen molar-refractivity contribution in [3.8, 4) is 5.75 Å². The normalized spacial score (nSPS) is 11.9. The first kappa shape index (κ1) is 30.6. The third kappa shape index (κ3) is 7.59. The van der Waals surface area contributed by atoms with Gasteiger partial charge in [0.05, 0.1) is 17.2 Å². The molecule has 0 aliphatic rings. The first-order chi connectivity index (χ1) is 19.1. The number of nitrogens with zero attached hydrogens (tertiary/aromatic N) is 2. The second-order valence-corrected chi connectivity index (χ2v) is 11.1. The largest absolute Gasteiger partial charge is 0.494 e. The van der Waals surface area contributed by atoms with Gasteiger partial charge in [0.25, 0.3) is 10.0 Å². The highest BCUT2D eigenvalue weighted by Crippen LogP contribution is 2.26. The summed E-state index contributed by atoms with van der Waals surface area (Å²) in [5.41, 5.74) is 1.84. The second-order valence-electron chi connectivity index (χ2n) is 9.22. The van der Waals surface area contributed by atoms with Crippen molar-refractivity contribution in [3.05, 3.63) is 89.7 Å². The van der Waals surface area contributed by atoms with Crippen LogP contribution in [0.1, 0.15) is 38.3 Å². The zero-order valence-corrected chi connectivity index (χ0v) is 24.1. The molecule has 10 heteroatoms. The van der Waals surface area contributed by atoms with Gasteiger partial charge in [-0.1, -0.05) is 36.8 Å². The number of carbonyl (C=O) groups excluding carboxylic acids is 2. The molecule has 0 heterocycles. The topological polar surface area (TPSA) is 96.0 Å². The van der Waals surface area contributed by atoms with Gasteiger partial charge in [-0.25, -0.2) is 12.8 Å². The summed E-state index contributed by atoms with van der Waals surface area (Å²) in [6, 6.07) is 17.6. The summed E-state index contributed by atoms with van der Waals surface area (Å²) < 4.78 is 47.9. The van der Waals surface area contributed by atoms with Gasteiger partial charge in [0.15, 0.2) is 0 Å². The number of hydrogen-bond donors (Lipinski definition) is 1. The molecule has 0 bridgehead atoms. The minimum absolute atomic E-state index is 0.000403. The van der Waals surface area contributed by atoms with E-state index >= 15 is 0 Å². The fourth-order valence-corrected chi connectivity index (χ4v) is 5.65. The number of amides is 2. The molecule has 8 nitrogen and oxygen atoms in total. The Bertz CT molecular complexity index is 1380. The average molecular weight is 570 g/mol. The standard InChI is InChI=1S/C30H36FN3O5S/c1-5-28(30(36)32-6-2)33(20-23-10-12-24(31)13-11-23)29(35)21-34(25-14-8-22(4)9-15-25)40(37,38)27-18-16-26(17-19-27)39-7-3/h8-19,28H,5-7,20-21H2,1-4H3,(H,32,36). The van der Waals surface area contributed by atoms with E-state index in [1.807, 2.05) is 13.8 Å². The number of benzene rings is 3. The van der Waals surface area contributed by atoms with Gasteiger partial charge in [0.2, 0.25) is 11.8 Å². The maximum absolute atomic E-state index is 13.9. The lowest BCUT2D eigenvalue weighted by molar-refractivity contribution is -0.140. The molecule has 3 rings (SSSR count). The smallest absolute Gasteiger partial charge is 0.264 e. The van der Waals surface area contributed by atoms with E-state index in [-0.39, 0.29) is 17.3 Å². The Balaban J connectivity index is 2.04. The highest BCUT2D eigenvalue weighted by atomic mass is 32.2. The van der Waals surface area contributed by atoms with Crippen LogP contribution in [0.3, 0.4) is 0 Å². The van der Waals surface area contributed by atoms with Gasteiger partial charge in [0.1, 0.15) is 24.2 Å². The Hall–Kier alpha value is -3.92. The highest BCUT2D eigenvalue weighted by Gasteiger charge is 2.33. The molecule has 3 aromatic rings. The summed E-state index contributed by atoms with van der Waals surface area (Å²) in [5.74, 6) is -0.823. The minimum atomic E-state index is -4.19. The minimum Gasteiger partial charge on any atom is -0.494 e. The van der Waals surface area contributed by atoms with Crippen LogP contribution in [0.2, 0.25) is 0 Å². The molecule has 1 atom stereocenters. The molecule has 3 aromatic carbocycles. The Kier molecular flexibility index (Phi) is 10.7. The predicted molar refractivity (Wildman–Crippen MR) is 153 cm³/mol. The van der Waals surface area contributed by atoms with E-state index in [4.69, 9.17) is 4.74 Å². The van der Waals surface area contributed by atoms with Crippen LogP contribution in [-0.4, -0.2) is 50.9 Å². The van der Waals surface area contributed by atoms with Gasteiger partial charge in [-0.15, -0.1) is 0 Å². The maximum atomic E-state index is 13.9. The summed E-state index contributed by atoms with van der Waals surface area (Å²) in [6.07, 6.45) is 0.301. The average Bonchev–Trinajstić information content (AvgIpc) is 2.93. The molecule has 0 fully saturated rings. The van der Waals surface area contributed by atoms with Crippen molar-refractivity contribution in [3.63, 3.8) is 0 Å². The SMILES string of the molecule is CCNC(=O)C(CC)N(Cc1ccc(F)cc1)C(=O)CN(c1ccc(C)cc1)S(=O)(=O)c1ccc(OCC)cc1. The summed E-state index contributed by atoms with van der Waals surface area (Å²) in [5, 5.41) is 2.75. The maximum Gasteiger partial charge on any atom is 0.264 e. The first-order valence-electron chi connectivity index (χ1n) is 13.2. The quantitative estimate of drug-likeness (QED) is 0.323. The number of halogens is 1. The zero-order chi connectivity index (χ0) is 29.3. The summed E-state index contributed by atoms with van der Waals surface area (Å²) in [6.45, 7) is 7.52. The Labute approximate surface area is 235 Å². The Morgan fingerprint density at radius 3 is 2.10 bits per heavy atom. The van der Waals surface area contributed by atoms with E-state index in [0.717, 1.165) is 9.87 Å². The van der Waals surface area contributed by atoms with Crippen molar-refractivity contribution in [2.45, 2.75) is 51.6 Å². The second kappa shape index (κ2) is 13.9. The third-order valence-electron chi connectivity index (χ3n) is 6.33. The number of ether oxygens (including phenoxy) is 1. The molecule has 214 valence electrons. The van der Waals surface area contributed by atoms with Crippen molar-refractivity contribution in [2.75, 3.05) is 24.0 Å². The number of carbonyl (C=O) groups is 2. The van der Waals surface area contributed by atoms with Crippen LogP contribution < -0.4 is 14.4 Å². The molecule has 1 unspecified atom stereocenters. The van der Waals surface area contributed by atoms with Crippen molar-refractivity contribution in [1.82, 2.24) is 10.2 Å². The molecule has 0 radical (unpaired) electrons. The predicted octanol–water partition coefficient (Wildman–Crippen LogP) is 4.67. The van der Waals surface area contributed by atoms with Crippen molar-refractivity contribution < 1.29 is 27.1 Å². The molecule has 2 amide bonds. The lowest BCUT2D eigenvalue weighted by atomic mass is 10.1. The molecule has 1 N–H and O–H groups in total. The van der Waals surface area contributed by atoms with Crippen LogP contribution in [-0.2, 0) is 26.2 Å². The number of aryl methyl sites for hydroxylation is 1. The number of anilines is 1. The molecule has 0 spiro atoms. The van der Waals surface area contributed by atoms with Crippen LogP contribution in [0.25, 0.3) is 0 Å². The van der Waals surface area contributed by atoms with E-state index in [9.17, 15) is 22.4 Å². The molecule has 0 saturated heterocycles. The lowest BCUT2D eigenvalue weighted by Gasteiger charge is -2.33. The molecular weight excluding hydrogens is 533 g/mol. The van der Waals surface area contributed by atoms with Gasteiger partial charge < -0.3 is 15.0 Å². The number of hydrogen-bond acceptors (Lipinski definition) is 5. The molecular formula is C30H36FN3O5S. The molecule has 0 aliphatic carbocycles. The first-order valence-corrected chi connectivity index (χ1v) is 14.7. The van der Waals surface area contributed by atoms with Crippen LogP contribution in [0, 0.1) is 12.7 Å². The molecule has 40 heavy (non-hydrogen) atoms. The van der Waals surface area contributed by atoms with Crippen LogP contribution in [0.5, 0.6) is 5.75 Å². The fourth-order valence-electron chi connectivity index (χ4n) is 4.24. The summed E-state index contributed by atoms with van der Waals surface area (Å²) in [7, 11) is -4.19. The van der Waals surface area contributed by atoms with Gasteiger partial charge in [-0.05, 0) is 81.3 Å². The Morgan fingerprint density at radius 2 is 1.55 bits per heavy atom. The third-order valence-corrected chi connectivity index (χ3v) is 8.11. The van der Waals surface area contributed by atoms with E-state index < -0.39 is 34.3 Å². The monoisotopic (exact) mass is 569 g/mol. The zero-order valence-electron chi connectivity index (χ0n) is 23.3. The van der Waals surface area contributed by atoms with Crippen LogP contribution in [0.15, 0.2) is 77.7 Å².